The number of hydrogen-bond donors (Lipinski definition) is 1. The quantitative estimate of drug-likeness (QED) is 0.869. The van der Waals surface area contributed by atoms with E-state index in [9.17, 15) is 18.0 Å². The first kappa shape index (κ1) is 19.2. The van der Waals surface area contributed by atoms with Gasteiger partial charge in [0.15, 0.2) is 0 Å². The summed E-state index contributed by atoms with van der Waals surface area (Å²) in [6, 6.07) is 14.7. The Kier molecular flexibility index (Phi) is 6.01. The predicted octanol–water partition coefficient (Wildman–Crippen LogP) is 3.26. The van der Waals surface area contributed by atoms with Crippen LogP contribution in [0.3, 0.4) is 0 Å². The monoisotopic (exact) mass is 377 g/mol. The second-order valence-electron chi connectivity index (χ2n) is 6.50. The fourth-order valence-electron chi connectivity index (χ4n) is 3.13. The van der Waals surface area contributed by atoms with Crippen LogP contribution in [0.2, 0.25) is 0 Å². The molecule has 0 aliphatic carbocycles. The van der Waals surface area contributed by atoms with Gasteiger partial charge in [0.25, 0.3) is 5.91 Å². The van der Waals surface area contributed by atoms with Crippen molar-refractivity contribution < 1.29 is 18.0 Å². The van der Waals surface area contributed by atoms with Gasteiger partial charge in [-0.25, -0.2) is 0 Å². The lowest BCUT2D eigenvalue weighted by atomic mass is 10.1. The summed E-state index contributed by atoms with van der Waals surface area (Å²) in [7, 11) is 0. The van der Waals surface area contributed by atoms with Crippen LogP contribution in [0.5, 0.6) is 0 Å². The molecule has 0 aromatic heterocycles. The lowest BCUT2D eigenvalue weighted by Crippen LogP contribution is -2.48. The minimum atomic E-state index is -4.45. The van der Waals surface area contributed by atoms with Crippen molar-refractivity contribution in [1.82, 2.24) is 10.2 Å². The van der Waals surface area contributed by atoms with E-state index in [0.29, 0.717) is 13.1 Å². The van der Waals surface area contributed by atoms with Crippen molar-refractivity contribution in [1.29, 1.82) is 0 Å². The molecule has 4 nitrogen and oxygen atoms in total. The fourth-order valence-corrected chi connectivity index (χ4v) is 3.13. The van der Waals surface area contributed by atoms with Gasteiger partial charge in [-0.15, -0.1) is 0 Å². The second kappa shape index (κ2) is 8.43. The van der Waals surface area contributed by atoms with Gasteiger partial charge < -0.3 is 10.2 Å². The van der Waals surface area contributed by atoms with Gasteiger partial charge in [-0.2, -0.15) is 13.2 Å². The maximum absolute atomic E-state index is 12.7. The number of carbonyl (C=O) groups excluding carboxylic acids is 1. The zero-order chi connectivity index (χ0) is 19.3. The Morgan fingerprint density at radius 2 is 1.67 bits per heavy atom. The number of nitrogens with zero attached hydrogens (tertiary/aromatic N) is 2. The van der Waals surface area contributed by atoms with E-state index < -0.39 is 17.6 Å². The molecule has 1 aliphatic rings. The molecular weight excluding hydrogens is 355 g/mol. The minimum absolute atomic E-state index is 0.0266. The summed E-state index contributed by atoms with van der Waals surface area (Å²) in [5.41, 5.74) is 0.418. The molecule has 0 radical (unpaired) electrons. The summed E-state index contributed by atoms with van der Waals surface area (Å²) in [6.07, 6.45) is -4.45. The summed E-state index contributed by atoms with van der Waals surface area (Å²) >= 11 is 0. The van der Waals surface area contributed by atoms with Crippen LogP contribution in [0.4, 0.5) is 18.9 Å². The van der Waals surface area contributed by atoms with Crippen LogP contribution in [0.25, 0.3) is 0 Å². The van der Waals surface area contributed by atoms with Crippen molar-refractivity contribution >= 4 is 11.6 Å². The molecule has 1 saturated heterocycles. The number of piperazine rings is 1. The molecule has 2 aromatic carbocycles. The summed E-state index contributed by atoms with van der Waals surface area (Å²) in [4.78, 5) is 16.7. The maximum Gasteiger partial charge on any atom is 0.416 e. The molecule has 1 N–H and O–H groups in total. The van der Waals surface area contributed by atoms with E-state index in [1.165, 1.54) is 17.8 Å². The molecule has 1 aliphatic heterocycles. The predicted molar refractivity (Wildman–Crippen MR) is 98.9 cm³/mol. The molecule has 27 heavy (non-hydrogen) atoms. The van der Waals surface area contributed by atoms with Gasteiger partial charge in [-0.05, 0) is 30.3 Å². The van der Waals surface area contributed by atoms with Gasteiger partial charge in [0.2, 0.25) is 0 Å². The van der Waals surface area contributed by atoms with Crippen molar-refractivity contribution in [2.45, 2.75) is 6.18 Å². The van der Waals surface area contributed by atoms with Crippen LogP contribution in [0.15, 0.2) is 54.6 Å². The highest BCUT2D eigenvalue weighted by molar-refractivity contribution is 5.94. The number of amides is 1. The van der Waals surface area contributed by atoms with Crippen LogP contribution in [-0.4, -0.2) is 50.1 Å². The van der Waals surface area contributed by atoms with Gasteiger partial charge in [-0.3, -0.25) is 9.69 Å². The maximum atomic E-state index is 12.7. The first-order valence-electron chi connectivity index (χ1n) is 8.91. The SMILES string of the molecule is O=C(NCCN1CCN(c2ccccc2)CC1)c1cccc(C(F)(F)F)c1. The lowest BCUT2D eigenvalue weighted by Gasteiger charge is -2.36. The van der Waals surface area contributed by atoms with Crippen molar-refractivity contribution in [3.05, 3.63) is 65.7 Å². The third kappa shape index (κ3) is 5.23. The molecule has 7 heteroatoms. The largest absolute Gasteiger partial charge is 0.416 e. The Bertz CT molecular complexity index is 757. The van der Waals surface area contributed by atoms with Gasteiger partial charge in [-0.1, -0.05) is 24.3 Å². The molecule has 2 aromatic rings. The molecule has 3 rings (SSSR count). The first-order valence-corrected chi connectivity index (χ1v) is 8.91. The van der Waals surface area contributed by atoms with E-state index in [0.717, 1.165) is 38.3 Å². The van der Waals surface area contributed by atoms with Crippen LogP contribution in [0.1, 0.15) is 15.9 Å². The van der Waals surface area contributed by atoms with Crippen LogP contribution in [-0.2, 0) is 6.18 Å². The van der Waals surface area contributed by atoms with Crippen LogP contribution in [0, 0.1) is 0 Å². The average molecular weight is 377 g/mol. The van der Waals surface area contributed by atoms with Crippen LogP contribution >= 0.6 is 0 Å². The topological polar surface area (TPSA) is 35.6 Å². The number of benzene rings is 2. The number of alkyl halides is 3. The Labute approximate surface area is 156 Å². The Balaban J connectivity index is 1.43. The fraction of sp³-hybridized carbons (Fsp3) is 0.350. The summed E-state index contributed by atoms with van der Waals surface area (Å²) in [5, 5.41) is 2.71. The van der Waals surface area contributed by atoms with Crippen LogP contribution < -0.4 is 10.2 Å². The minimum Gasteiger partial charge on any atom is -0.369 e. The molecule has 0 spiro atoms. The second-order valence-corrected chi connectivity index (χ2v) is 6.50. The first-order chi connectivity index (χ1) is 12.9. The zero-order valence-electron chi connectivity index (χ0n) is 14.9. The van der Waals surface area contributed by atoms with Crippen molar-refractivity contribution in [3.63, 3.8) is 0 Å². The number of rotatable bonds is 5. The number of para-hydroxylation sites is 1. The van der Waals surface area contributed by atoms with E-state index in [-0.39, 0.29) is 5.56 Å². The van der Waals surface area contributed by atoms with Crippen molar-refractivity contribution in [3.8, 4) is 0 Å². The molecule has 0 bridgehead atoms. The van der Waals surface area contributed by atoms with E-state index in [2.05, 4.69) is 27.2 Å². The highest BCUT2D eigenvalue weighted by Crippen LogP contribution is 2.29. The lowest BCUT2D eigenvalue weighted by molar-refractivity contribution is -0.137. The highest BCUT2D eigenvalue weighted by atomic mass is 19.4. The molecule has 144 valence electrons. The molecule has 1 fully saturated rings. The standard InChI is InChI=1S/C20H22F3N3O/c21-20(22,23)17-6-4-5-16(15-17)19(27)24-9-10-25-11-13-26(14-12-25)18-7-2-1-3-8-18/h1-8,15H,9-14H2,(H,24,27). The summed E-state index contributed by atoms with van der Waals surface area (Å²) in [6.45, 7) is 4.66. The molecule has 1 amide bonds. The zero-order valence-corrected chi connectivity index (χ0v) is 14.9. The van der Waals surface area contributed by atoms with E-state index in [1.807, 2.05) is 18.2 Å². The number of carbonyl (C=O) groups is 1. The van der Waals surface area contributed by atoms with Gasteiger partial charge in [0.05, 0.1) is 5.56 Å². The summed E-state index contributed by atoms with van der Waals surface area (Å²) < 4.78 is 38.2. The van der Waals surface area contributed by atoms with Gasteiger partial charge in [0, 0.05) is 50.5 Å². The Hall–Kier alpha value is -2.54. The van der Waals surface area contributed by atoms with E-state index >= 15 is 0 Å². The molecule has 1 heterocycles. The van der Waals surface area contributed by atoms with Crippen molar-refractivity contribution in [2.24, 2.45) is 0 Å². The van der Waals surface area contributed by atoms with Gasteiger partial charge >= 0.3 is 6.18 Å². The highest BCUT2D eigenvalue weighted by Gasteiger charge is 2.30. The van der Waals surface area contributed by atoms with Crippen molar-refractivity contribution in [2.75, 3.05) is 44.2 Å². The average Bonchev–Trinajstić information content (AvgIpc) is 2.68. The third-order valence-corrected chi connectivity index (χ3v) is 4.66. The third-order valence-electron chi connectivity index (χ3n) is 4.66. The molecular formula is C20H22F3N3O. The van der Waals surface area contributed by atoms with E-state index in [4.69, 9.17) is 0 Å². The van der Waals surface area contributed by atoms with E-state index in [1.54, 1.807) is 0 Å². The van der Waals surface area contributed by atoms with Gasteiger partial charge in [0.1, 0.15) is 0 Å². The number of anilines is 1. The normalized spacial score (nSPS) is 15.6. The number of hydrogen-bond acceptors (Lipinski definition) is 3. The summed E-state index contributed by atoms with van der Waals surface area (Å²) in [5.74, 6) is -0.482. The smallest absolute Gasteiger partial charge is 0.369 e. The Morgan fingerprint density at radius 3 is 2.33 bits per heavy atom. The molecule has 0 atom stereocenters. The number of halogens is 3. The number of nitrogens with one attached hydrogen (secondary N) is 1. The Morgan fingerprint density at radius 1 is 0.963 bits per heavy atom. The molecule has 0 unspecified atom stereocenters. The molecule has 0 saturated carbocycles.